The normalized spacial score (nSPS) is 9.14. The van der Waals surface area contributed by atoms with Gasteiger partial charge in [-0.15, -0.1) is 12.3 Å². The molecule has 0 fully saturated rings. The summed E-state index contributed by atoms with van der Waals surface area (Å²) in [6.07, 6.45) is 0. The molecule has 0 unspecified atom stereocenters. The van der Waals surface area contributed by atoms with Crippen molar-refractivity contribution in [3.05, 3.63) is 17.7 Å². The molecule has 0 atom stereocenters. The van der Waals surface area contributed by atoms with Gasteiger partial charge in [0, 0.05) is 0 Å². The van der Waals surface area contributed by atoms with Crippen LogP contribution in [-0.4, -0.2) is 14.1 Å². The summed E-state index contributed by atoms with van der Waals surface area (Å²) in [4.78, 5) is 0. The first kappa shape index (κ1) is 6.50. The molecule has 0 spiro atoms. The quantitative estimate of drug-likeness (QED) is 0.469. The molecule has 0 aliphatic heterocycles. The van der Waals surface area contributed by atoms with E-state index in [0.29, 0.717) is 0 Å². The van der Waals surface area contributed by atoms with Crippen molar-refractivity contribution in [3.63, 3.8) is 0 Å². The molecule has 0 radical (unpaired) electrons. The second-order valence-electron chi connectivity index (χ2n) is 1.79. The molecule has 0 bridgehead atoms. The molecule has 7 heavy (non-hydrogen) atoms. The summed E-state index contributed by atoms with van der Waals surface area (Å²) < 4.78 is 0. The molecule has 2 heteroatoms. The summed E-state index contributed by atoms with van der Waals surface area (Å²) in [6.45, 7) is 5.49. The summed E-state index contributed by atoms with van der Waals surface area (Å²) in [5, 5.41) is 1.06. The van der Waals surface area contributed by atoms with Crippen LogP contribution in [0.1, 0.15) is 6.92 Å². The Bertz CT molecular complexity index is 66.5. The molecule has 0 aromatic heterocycles. The zero-order valence-electron chi connectivity index (χ0n) is 5.15. The maximum Gasteiger partial charge on any atom is 0.0616 e. The van der Waals surface area contributed by atoms with Gasteiger partial charge in [0.1, 0.15) is 0 Å². The van der Waals surface area contributed by atoms with Gasteiger partial charge in [0.2, 0.25) is 0 Å². The molecule has 0 saturated heterocycles. The van der Waals surface area contributed by atoms with Crippen LogP contribution in [0.15, 0.2) is 12.3 Å². The van der Waals surface area contributed by atoms with Crippen molar-refractivity contribution in [3.8, 4) is 0 Å². The average Bonchev–Trinajstić information content (AvgIpc) is 1.27. The molecule has 0 aliphatic carbocycles. The Morgan fingerprint density at radius 3 is 2.00 bits per heavy atom. The fraction of sp³-hybridized carbons (Fsp3) is 0.600. The molecular formula is C5H12N2. The van der Waals surface area contributed by atoms with Gasteiger partial charge in [-0.3, -0.25) is 0 Å². The van der Waals surface area contributed by atoms with E-state index in [-0.39, 0.29) is 0 Å². The first-order valence-electron chi connectivity index (χ1n) is 2.30. The predicted octanol–water partition coefficient (Wildman–Crippen LogP) is -0.0468. The smallest absolute Gasteiger partial charge is 0.0616 e. The van der Waals surface area contributed by atoms with Crippen molar-refractivity contribution in [1.29, 1.82) is 0 Å². The van der Waals surface area contributed by atoms with E-state index >= 15 is 0 Å². The van der Waals surface area contributed by atoms with E-state index in [9.17, 15) is 0 Å². The van der Waals surface area contributed by atoms with Crippen LogP contribution >= 0.6 is 0 Å². The van der Waals surface area contributed by atoms with Gasteiger partial charge in [-0.1, -0.05) is 6.92 Å². The third kappa shape index (κ3) is 5.50. The van der Waals surface area contributed by atoms with Gasteiger partial charge >= 0.3 is 0 Å². The molecule has 0 aromatic carbocycles. The minimum atomic E-state index is 0.875. The van der Waals surface area contributed by atoms with Gasteiger partial charge < -0.3 is 10.4 Å². The van der Waals surface area contributed by atoms with Crippen LogP contribution in [0.5, 0.6) is 0 Å². The molecular weight excluding hydrogens is 88.1 g/mol. The maximum absolute atomic E-state index is 4.00. The Balaban J connectivity index is 3.13. The lowest BCUT2D eigenvalue weighted by atomic mass is 10.6. The van der Waals surface area contributed by atoms with Crippen LogP contribution in [0.25, 0.3) is 5.43 Å². The van der Waals surface area contributed by atoms with E-state index in [4.69, 9.17) is 0 Å². The lowest BCUT2D eigenvalue weighted by Crippen LogP contribution is -3.01. The van der Waals surface area contributed by atoms with E-state index in [2.05, 4.69) is 12.0 Å². The minimum absolute atomic E-state index is 0.875. The van der Waals surface area contributed by atoms with Gasteiger partial charge in [0.05, 0.1) is 14.1 Å². The summed E-state index contributed by atoms with van der Waals surface area (Å²) in [7, 11) is 3.91. The summed E-state index contributed by atoms with van der Waals surface area (Å²) in [6, 6.07) is 0. The number of nitrogens with one attached hydrogen (secondary N) is 1. The van der Waals surface area contributed by atoms with E-state index < -0.39 is 0 Å². The number of hydrogen-bond donors (Lipinski definition) is 1. The second-order valence-corrected chi connectivity index (χ2v) is 1.79. The summed E-state index contributed by atoms with van der Waals surface area (Å²) in [5.41, 5.74) is 4.88. The maximum atomic E-state index is 4.00. The third-order valence-corrected chi connectivity index (χ3v) is 0.414. The lowest BCUT2D eigenvalue weighted by Gasteiger charge is -2.23. The van der Waals surface area contributed by atoms with Crippen molar-refractivity contribution >= 4 is 0 Å². The molecule has 0 rings (SSSR count). The highest BCUT2D eigenvalue weighted by molar-refractivity contribution is 4.98. The average molecular weight is 100 g/mol. The SMILES string of the molecule is C=C(C)[N-][NH+](C)C. The highest BCUT2D eigenvalue weighted by Gasteiger charge is 1.70. The first-order valence-corrected chi connectivity index (χ1v) is 2.30. The molecule has 0 heterocycles. The minimum Gasteiger partial charge on any atom is -0.493 e. The first-order chi connectivity index (χ1) is 3.13. The van der Waals surface area contributed by atoms with Gasteiger partial charge in [-0.05, 0) is 0 Å². The summed E-state index contributed by atoms with van der Waals surface area (Å²) >= 11 is 0. The number of nitrogens with zero attached hydrogens (tertiary/aromatic N) is 1. The Labute approximate surface area is 44.8 Å². The van der Waals surface area contributed by atoms with E-state index in [1.807, 2.05) is 21.0 Å². The van der Waals surface area contributed by atoms with E-state index in [0.717, 1.165) is 10.7 Å². The fourth-order valence-electron chi connectivity index (χ4n) is 0.382. The molecule has 42 valence electrons. The number of quaternary nitrogens is 1. The fourth-order valence-corrected chi connectivity index (χ4v) is 0.382. The Morgan fingerprint density at radius 1 is 1.57 bits per heavy atom. The molecule has 1 N–H and O–H groups in total. The largest absolute Gasteiger partial charge is 0.493 e. The Morgan fingerprint density at radius 2 is 2.00 bits per heavy atom. The molecule has 0 amide bonds. The van der Waals surface area contributed by atoms with Crippen LogP contribution in [0, 0.1) is 0 Å². The standard InChI is InChI=1S/C5H12N2/c1-5(2)6-7(3)4/h7H,1H2,2-4H3. The van der Waals surface area contributed by atoms with Crippen LogP contribution in [-0.2, 0) is 0 Å². The van der Waals surface area contributed by atoms with Gasteiger partial charge in [-0.25, -0.2) is 0 Å². The van der Waals surface area contributed by atoms with Gasteiger partial charge in [-0.2, -0.15) is 0 Å². The highest BCUT2D eigenvalue weighted by Crippen LogP contribution is 1.86. The second kappa shape index (κ2) is 2.64. The van der Waals surface area contributed by atoms with E-state index in [1.54, 1.807) is 0 Å². The zero-order valence-corrected chi connectivity index (χ0v) is 5.15. The number of hydrogen-bond acceptors (Lipinski definition) is 0. The topological polar surface area (TPSA) is 18.5 Å². The van der Waals surface area contributed by atoms with Crippen LogP contribution in [0.2, 0.25) is 0 Å². The van der Waals surface area contributed by atoms with Crippen LogP contribution < -0.4 is 5.01 Å². The van der Waals surface area contributed by atoms with Gasteiger partial charge in [0.15, 0.2) is 0 Å². The zero-order chi connectivity index (χ0) is 5.86. The summed E-state index contributed by atoms with van der Waals surface area (Å²) in [5.74, 6) is 0. The van der Waals surface area contributed by atoms with Crippen molar-refractivity contribution < 1.29 is 5.01 Å². The molecule has 0 saturated carbocycles. The van der Waals surface area contributed by atoms with Crippen LogP contribution in [0.4, 0.5) is 0 Å². The number of rotatable bonds is 2. The lowest BCUT2D eigenvalue weighted by molar-refractivity contribution is -0.815. The Kier molecular flexibility index (Phi) is 2.45. The Hall–Kier alpha value is -0.500. The third-order valence-electron chi connectivity index (χ3n) is 0.414. The molecule has 2 nitrogen and oxygen atoms in total. The van der Waals surface area contributed by atoms with Crippen molar-refractivity contribution in [2.45, 2.75) is 6.92 Å². The monoisotopic (exact) mass is 100 g/mol. The molecule has 0 aromatic rings. The number of allylic oxidation sites excluding steroid dienone is 1. The van der Waals surface area contributed by atoms with Crippen LogP contribution in [0.3, 0.4) is 0 Å². The highest BCUT2D eigenvalue weighted by atomic mass is 15.5. The predicted molar refractivity (Wildman–Crippen MR) is 31.0 cm³/mol. The van der Waals surface area contributed by atoms with Gasteiger partial charge in [0.25, 0.3) is 0 Å². The van der Waals surface area contributed by atoms with Crippen molar-refractivity contribution in [2.24, 2.45) is 0 Å². The van der Waals surface area contributed by atoms with E-state index in [1.165, 1.54) is 0 Å². The van der Waals surface area contributed by atoms with Crippen molar-refractivity contribution in [1.82, 2.24) is 0 Å². The molecule has 0 aliphatic rings. The van der Waals surface area contributed by atoms with Crippen molar-refractivity contribution in [2.75, 3.05) is 14.1 Å².